The van der Waals surface area contributed by atoms with E-state index in [0.717, 1.165) is 10.9 Å². The normalized spacial score (nSPS) is 16.6. The van der Waals surface area contributed by atoms with Gasteiger partial charge in [0.15, 0.2) is 0 Å². The van der Waals surface area contributed by atoms with E-state index in [-0.39, 0.29) is 12.4 Å². The van der Waals surface area contributed by atoms with Gasteiger partial charge in [-0.25, -0.2) is 0 Å². The van der Waals surface area contributed by atoms with Gasteiger partial charge in [0.25, 0.3) is 0 Å². The Morgan fingerprint density at radius 1 is 1.07 bits per heavy atom. The molecule has 0 saturated heterocycles. The van der Waals surface area contributed by atoms with Crippen LogP contribution in [0.3, 0.4) is 0 Å². The van der Waals surface area contributed by atoms with Gasteiger partial charge in [-0.2, -0.15) is 0 Å². The Kier molecular flexibility index (Phi) is 4.63. The van der Waals surface area contributed by atoms with Gasteiger partial charge in [0.2, 0.25) is 0 Å². The number of anilines is 1. The molecule has 3 heteroatoms. The highest BCUT2D eigenvalue weighted by Crippen LogP contribution is 2.34. The standard InChI is InChI=1S/C11H15NS.ClH/c12-9-5-7-11(8-6-9)13-10-3-1-2-4-10;/h5-8,10H,1-4,12H2;1H. The van der Waals surface area contributed by atoms with Crippen LogP contribution in [0, 0.1) is 0 Å². The molecule has 0 heterocycles. The van der Waals surface area contributed by atoms with E-state index in [1.165, 1.54) is 30.6 Å². The predicted molar refractivity (Wildman–Crippen MR) is 66.2 cm³/mol. The Bertz CT molecular complexity index is 267. The number of hydrogen-bond acceptors (Lipinski definition) is 2. The van der Waals surface area contributed by atoms with Gasteiger partial charge in [-0.05, 0) is 37.1 Å². The third-order valence-corrected chi connectivity index (χ3v) is 3.83. The fourth-order valence-electron chi connectivity index (χ4n) is 1.75. The molecule has 1 fully saturated rings. The summed E-state index contributed by atoms with van der Waals surface area (Å²) in [6, 6.07) is 8.21. The minimum atomic E-state index is 0. The van der Waals surface area contributed by atoms with Crippen molar-refractivity contribution in [1.82, 2.24) is 0 Å². The second kappa shape index (κ2) is 5.52. The van der Waals surface area contributed by atoms with Crippen LogP contribution in [0.2, 0.25) is 0 Å². The Morgan fingerprint density at radius 3 is 2.21 bits per heavy atom. The average Bonchev–Trinajstić information content (AvgIpc) is 2.62. The molecule has 2 N–H and O–H groups in total. The van der Waals surface area contributed by atoms with Gasteiger partial charge in [-0.15, -0.1) is 24.2 Å². The predicted octanol–water partition coefficient (Wildman–Crippen LogP) is 3.73. The number of nitrogen functional groups attached to an aromatic ring is 1. The van der Waals surface area contributed by atoms with E-state index in [1.807, 2.05) is 23.9 Å². The molecule has 1 saturated carbocycles. The Hall–Kier alpha value is -0.340. The Labute approximate surface area is 95.9 Å². The number of hydrogen-bond donors (Lipinski definition) is 1. The van der Waals surface area contributed by atoms with Crippen molar-refractivity contribution in [2.24, 2.45) is 0 Å². The van der Waals surface area contributed by atoms with E-state index in [9.17, 15) is 0 Å². The molecule has 14 heavy (non-hydrogen) atoms. The topological polar surface area (TPSA) is 26.0 Å². The summed E-state index contributed by atoms with van der Waals surface area (Å²) in [6.07, 6.45) is 5.59. The van der Waals surface area contributed by atoms with Crippen LogP contribution in [-0.2, 0) is 0 Å². The van der Waals surface area contributed by atoms with Crippen molar-refractivity contribution >= 4 is 29.9 Å². The van der Waals surface area contributed by atoms with Crippen molar-refractivity contribution in [3.05, 3.63) is 24.3 Å². The number of thioether (sulfide) groups is 1. The van der Waals surface area contributed by atoms with E-state index < -0.39 is 0 Å². The first-order valence-electron chi connectivity index (χ1n) is 4.87. The molecule has 0 bridgehead atoms. The maximum atomic E-state index is 5.63. The average molecular weight is 230 g/mol. The van der Waals surface area contributed by atoms with E-state index in [1.54, 1.807) is 0 Å². The highest BCUT2D eigenvalue weighted by molar-refractivity contribution is 8.00. The van der Waals surface area contributed by atoms with E-state index in [0.29, 0.717) is 0 Å². The van der Waals surface area contributed by atoms with Crippen LogP contribution in [0.15, 0.2) is 29.2 Å². The Morgan fingerprint density at radius 2 is 1.64 bits per heavy atom. The number of rotatable bonds is 2. The second-order valence-corrected chi connectivity index (χ2v) is 4.97. The van der Waals surface area contributed by atoms with Crippen molar-refractivity contribution in [2.75, 3.05) is 5.73 Å². The van der Waals surface area contributed by atoms with Crippen molar-refractivity contribution in [2.45, 2.75) is 35.8 Å². The molecular formula is C11H16ClNS. The maximum Gasteiger partial charge on any atom is 0.0314 e. The molecule has 1 aromatic rings. The molecule has 0 unspecified atom stereocenters. The fraction of sp³-hybridized carbons (Fsp3) is 0.455. The van der Waals surface area contributed by atoms with Crippen molar-refractivity contribution < 1.29 is 0 Å². The third-order valence-electron chi connectivity index (χ3n) is 2.49. The zero-order chi connectivity index (χ0) is 9.10. The minimum Gasteiger partial charge on any atom is -0.399 e. The van der Waals surface area contributed by atoms with E-state index in [4.69, 9.17) is 5.73 Å². The van der Waals surface area contributed by atoms with Crippen LogP contribution in [0.25, 0.3) is 0 Å². The van der Waals surface area contributed by atoms with Crippen molar-refractivity contribution in [3.8, 4) is 0 Å². The first kappa shape index (κ1) is 11.7. The summed E-state index contributed by atoms with van der Waals surface area (Å²) in [5.74, 6) is 0. The van der Waals surface area contributed by atoms with Crippen LogP contribution in [0.4, 0.5) is 5.69 Å². The van der Waals surface area contributed by atoms with Crippen LogP contribution in [0.5, 0.6) is 0 Å². The van der Waals surface area contributed by atoms with Crippen molar-refractivity contribution in [1.29, 1.82) is 0 Å². The smallest absolute Gasteiger partial charge is 0.0314 e. The van der Waals surface area contributed by atoms with Gasteiger partial charge in [-0.1, -0.05) is 12.8 Å². The summed E-state index contributed by atoms with van der Waals surface area (Å²) in [6.45, 7) is 0. The first-order chi connectivity index (χ1) is 6.34. The largest absolute Gasteiger partial charge is 0.399 e. The van der Waals surface area contributed by atoms with Gasteiger partial charge < -0.3 is 5.73 Å². The molecule has 1 aromatic carbocycles. The number of nitrogens with two attached hydrogens (primary N) is 1. The maximum absolute atomic E-state index is 5.63. The van der Waals surface area contributed by atoms with E-state index >= 15 is 0 Å². The van der Waals surface area contributed by atoms with Crippen LogP contribution in [0.1, 0.15) is 25.7 Å². The van der Waals surface area contributed by atoms with Crippen molar-refractivity contribution in [3.63, 3.8) is 0 Å². The molecule has 0 spiro atoms. The lowest BCUT2D eigenvalue weighted by atomic mass is 10.3. The summed E-state index contributed by atoms with van der Waals surface area (Å²) in [5, 5.41) is 0.851. The quantitative estimate of drug-likeness (QED) is 0.783. The molecule has 78 valence electrons. The summed E-state index contributed by atoms with van der Waals surface area (Å²) in [4.78, 5) is 1.36. The fourth-order valence-corrected chi connectivity index (χ4v) is 2.99. The minimum absolute atomic E-state index is 0. The van der Waals surface area contributed by atoms with Gasteiger partial charge >= 0.3 is 0 Å². The number of benzene rings is 1. The molecule has 1 aliphatic carbocycles. The highest BCUT2D eigenvalue weighted by atomic mass is 35.5. The summed E-state index contributed by atoms with van der Waals surface area (Å²) in [7, 11) is 0. The van der Waals surface area contributed by atoms with Gasteiger partial charge in [0.1, 0.15) is 0 Å². The molecule has 1 aliphatic rings. The molecule has 2 rings (SSSR count). The molecule has 0 atom stereocenters. The van der Waals surface area contributed by atoms with Gasteiger partial charge in [0, 0.05) is 15.8 Å². The molecule has 0 radical (unpaired) electrons. The summed E-state index contributed by atoms with van der Waals surface area (Å²) >= 11 is 2.00. The van der Waals surface area contributed by atoms with E-state index in [2.05, 4.69) is 12.1 Å². The molecule has 0 aliphatic heterocycles. The Balaban J connectivity index is 0.000000980. The van der Waals surface area contributed by atoms with Gasteiger partial charge in [-0.3, -0.25) is 0 Å². The molecular weight excluding hydrogens is 214 g/mol. The lowest BCUT2D eigenvalue weighted by Gasteiger charge is -2.08. The lowest BCUT2D eigenvalue weighted by Crippen LogP contribution is -1.93. The lowest BCUT2D eigenvalue weighted by molar-refractivity contribution is 0.886. The first-order valence-corrected chi connectivity index (χ1v) is 5.75. The zero-order valence-electron chi connectivity index (χ0n) is 8.11. The highest BCUT2D eigenvalue weighted by Gasteiger charge is 2.15. The summed E-state index contributed by atoms with van der Waals surface area (Å²) < 4.78 is 0. The van der Waals surface area contributed by atoms with Gasteiger partial charge in [0.05, 0.1) is 0 Å². The van der Waals surface area contributed by atoms with Crippen LogP contribution < -0.4 is 5.73 Å². The third kappa shape index (κ3) is 3.10. The SMILES string of the molecule is Cl.Nc1ccc(SC2CCCC2)cc1. The molecule has 0 amide bonds. The molecule has 0 aromatic heterocycles. The molecule has 1 nitrogen and oxygen atoms in total. The zero-order valence-corrected chi connectivity index (χ0v) is 9.74. The monoisotopic (exact) mass is 229 g/mol. The van der Waals surface area contributed by atoms with Crippen LogP contribution >= 0.6 is 24.2 Å². The number of halogens is 1. The second-order valence-electron chi connectivity index (χ2n) is 3.59. The van der Waals surface area contributed by atoms with Crippen LogP contribution in [-0.4, -0.2) is 5.25 Å². The summed E-state index contributed by atoms with van der Waals surface area (Å²) in [5.41, 5.74) is 6.48.